The summed E-state index contributed by atoms with van der Waals surface area (Å²) in [6.07, 6.45) is 14.9. The van der Waals surface area contributed by atoms with Gasteiger partial charge in [0.05, 0.1) is 6.10 Å². The SMILES string of the molecule is CCCCCCCCCCCC(O)CCCCC(=O)O. The van der Waals surface area contributed by atoms with E-state index in [0.717, 1.165) is 25.7 Å². The lowest BCUT2D eigenvalue weighted by atomic mass is 10.0. The van der Waals surface area contributed by atoms with Gasteiger partial charge in [-0.3, -0.25) is 4.79 Å². The normalized spacial score (nSPS) is 12.5. The van der Waals surface area contributed by atoms with E-state index in [2.05, 4.69) is 6.92 Å². The monoisotopic (exact) mass is 286 g/mol. The molecule has 1 unspecified atom stereocenters. The highest BCUT2D eigenvalue weighted by Crippen LogP contribution is 2.13. The highest BCUT2D eigenvalue weighted by Gasteiger charge is 2.04. The zero-order valence-corrected chi connectivity index (χ0v) is 13.3. The summed E-state index contributed by atoms with van der Waals surface area (Å²) in [6.45, 7) is 2.24. The van der Waals surface area contributed by atoms with Crippen LogP contribution in [0.3, 0.4) is 0 Å². The van der Waals surface area contributed by atoms with E-state index in [1.165, 1.54) is 51.4 Å². The van der Waals surface area contributed by atoms with Gasteiger partial charge in [0.15, 0.2) is 0 Å². The number of aliphatic hydroxyl groups is 1. The first-order valence-electron chi connectivity index (χ1n) is 8.56. The van der Waals surface area contributed by atoms with Gasteiger partial charge in [-0.05, 0) is 19.3 Å². The number of aliphatic carboxylic acids is 1. The lowest BCUT2D eigenvalue weighted by molar-refractivity contribution is -0.137. The average Bonchev–Trinajstić information content (AvgIpc) is 2.41. The number of rotatable bonds is 15. The fourth-order valence-corrected chi connectivity index (χ4v) is 2.49. The Kier molecular flexibility index (Phi) is 14.4. The number of carbonyl (C=O) groups is 1. The van der Waals surface area contributed by atoms with Gasteiger partial charge in [-0.15, -0.1) is 0 Å². The molecule has 0 saturated carbocycles. The van der Waals surface area contributed by atoms with Crippen LogP contribution in [-0.2, 0) is 4.79 Å². The molecule has 0 aliphatic heterocycles. The largest absolute Gasteiger partial charge is 0.481 e. The van der Waals surface area contributed by atoms with Crippen LogP contribution in [0.5, 0.6) is 0 Å². The summed E-state index contributed by atoms with van der Waals surface area (Å²) in [5, 5.41) is 18.3. The second kappa shape index (κ2) is 14.8. The molecule has 3 heteroatoms. The van der Waals surface area contributed by atoms with E-state index in [1.54, 1.807) is 0 Å². The molecule has 0 heterocycles. The first-order valence-corrected chi connectivity index (χ1v) is 8.56. The minimum atomic E-state index is -0.738. The quantitative estimate of drug-likeness (QED) is 0.420. The van der Waals surface area contributed by atoms with Gasteiger partial charge in [-0.2, -0.15) is 0 Å². The van der Waals surface area contributed by atoms with Crippen molar-refractivity contribution >= 4 is 5.97 Å². The Morgan fingerprint density at radius 1 is 0.800 bits per heavy atom. The molecule has 0 aromatic carbocycles. The van der Waals surface area contributed by atoms with Crippen molar-refractivity contribution in [1.82, 2.24) is 0 Å². The van der Waals surface area contributed by atoms with Crippen molar-refractivity contribution in [2.45, 2.75) is 103 Å². The highest BCUT2D eigenvalue weighted by atomic mass is 16.4. The third kappa shape index (κ3) is 15.5. The Hall–Kier alpha value is -0.570. The molecule has 0 spiro atoms. The van der Waals surface area contributed by atoms with Gasteiger partial charge in [0.1, 0.15) is 0 Å². The summed E-state index contributed by atoms with van der Waals surface area (Å²) in [7, 11) is 0. The molecule has 0 saturated heterocycles. The molecule has 0 rings (SSSR count). The molecule has 0 bridgehead atoms. The van der Waals surface area contributed by atoms with E-state index in [0.29, 0.717) is 6.42 Å². The summed E-state index contributed by atoms with van der Waals surface area (Å²) >= 11 is 0. The molecule has 2 N–H and O–H groups in total. The number of carboxylic acid groups (broad SMARTS) is 1. The van der Waals surface area contributed by atoms with E-state index < -0.39 is 5.97 Å². The van der Waals surface area contributed by atoms with E-state index in [1.807, 2.05) is 0 Å². The fraction of sp³-hybridized carbons (Fsp3) is 0.941. The standard InChI is InChI=1S/C17H34O3/c1-2-3-4-5-6-7-8-9-10-13-16(18)14-11-12-15-17(19)20/h16,18H,2-15H2,1H3,(H,19,20). The van der Waals surface area contributed by atoms with E-state index in [-0.39, 0.29) is 12.5 Å². The third-order valence-electron chi connectivity index (χ3n) is 3.82. The first kappa shape index (κ1) is 19.4. The van der Waals surface area contributed by atoms with Gasteiger partial charge in [0, 0.05) is 6.42 Å². The van der Waals surface area contributed by atoms with Gasteiger partial charge >= 0.3 is 5.97 Å². The van der Waals surface area contributed by atoms with E-state index in [9.17, 15) is 9.90 Å². The summed E-state index contributed by atoms with van der Waals surface area (Å²) in [5.41, 5.74) is 0. The zero-order chi connectivity index (χ0) is 15.1. The molecule has 1 atom stereocenters. The molecule has 0 aromatic rings. The van der Waals surface area contributed by atoms with Crippen molar-refractivity contribution in [1.29, 1.82) is 0 Å². The lowest BCUT2D eigenvalue weighted by Gasteiger charge is -2.09. The van der Waals surface area contributed by atoms with Crippen LogP contribution in [-0.4, -0.2) is 22.3 Å². The van der Waals surface area contributed by atoms with Crippen LogP contribution in [0.2, 0.25) is 0 Å². The molecule has 20 heavy (non-hydrogen) atoms. The Labute approximate surface area is 124 Å². The van der Waals surface area contributed by atoms with E-state index in [4.69, 9.17) is 5.11 Å². The second-order valence-corrected chi connectivity index (χ2v) is 5.91. The predicted octanol–water partition coefficient (Wildman–Crippen LogP) is 4.91. The molecule has 0 aliphatic rings. The van der Waals surface area contributed by atoms with Gasteiger partial charge in [-0.1, -0.05) is 71.1 Å². The number of aliphatic hydroxyl groups excluding tert-OH is 1. The van der Waals surface area contributed by atoms with Crippen LogP contribution >= 0.6 is 0 Å². The number of hydrogen-bond acceptors (Lipinski definition) is 2. The zero-order valence-electron chi connectivity index (χ0n) is 13.3. The van der Waals surface area contributed by atoms with Gasteiger partial charge < -0.3 is 10.2 Å². The number of unbranched alkanes of at least 4 members (excludes halogenated alkanes) is 9. The molecule has 0 amide bonds. The maximum absolute atomic E-state index is 10.3. The first-order chi connectivity index (χ1) is 9.66. The van der Waals surface area contributed by atoms with Crippen LogP contribution in [0.1, 0.15) is 96.8 Å². The highest BCUT2D eigenvalue weighted by molar-refractivity contribution is 5.66. The Bertz CT molecular complexity index is 216. The van der Waals surface area contributed by atoms with Crippen molar-refractivity contribution in [3.05, 3.63) is 0 Å². The molecular weight excluding hydrogens is 252 g/mol. The third-order valence-corrected chi connectivity index (χ3v) is 3.82. The summed E-state index contributed by atoms with van der Waals surface area (Å²) in [5.74, 6) is -0.738. The Morgan fingerprint density at radius 3 is 1.75 bits per heavy atom. The Morgan fingerprint density at radius 2 is 1.25 bits per heavy atom. The van der Waals surface area contributed by atoms with Crippen LogP contribution in [0.15, 0.2) is 0 Å². The molecule has 120 valence electrons. The number of hydrogen-bond donors (Lipinski definition) is 2. The molecular formula is C17H34O3. The maximum atomic E-state index is 10.3. The molecule has 0 fully saturated rings. The van der Waals surface area contributed by atoms with E-state index >= 15 is 0 Å². The van der Waals surface area contributed by atoms with Crippen molar-refractivity contribution in [2.24, 2.45) is 0 Å². The van der Waals surface area contributed by atoms with Crippen molar-refractivity contribution < 1.29 is 15.0 Å². The van der Waals surface area contributed by atoms with Crippen molar-refractivity contribution in [3.8, 4) is 0 Å². The van der Waals surface area contributed by atoms with Crippen LogP contribution in [0, 0.1) is 0 Å². The lowest BCUT2D eigenvalue weighted by Crippen LogP contribution is -2.06. The maximum Gasteiger partial charge on any atom is 0.303 e. The van der Waals surface area contributed by atoms with Crippen molar-refractivity contribution in [2.75, 3.05) is 0 Å². The number of carboxylic acids is 1. The minimum absolute atomic E-state index is 0.227. The minimum Gasteiger partial charge on any atom is -0.481 e. The summed E-state index contributed by atoms with van der Waals surface area (Å²) < 4.78 is 0. The van der Waals surface area contributed by atoms with Gasteiger partial charge in [0.25, 0.3) is 0 Å². The Balaban J connectivity index is 3.15. The smallest absolute Gasteiger partial charge is 0.303 e. The molecule has 0 aromatic heterocycles. The topological polar surface area (TPSA) is 57.5 Å². The predicted molar refractivity (Wildman–Crippen MR) is 84.0 cm³/mol. The average molecular weight is 286 g/mol. The fourth-order valence-electron chi connectivity index (χ4n) is 2.49. The second-order valence-electron chi connectivity index (χ2n) is 5.91. The van der Waals surface area contributed by atoms with Gasteiger partial charge in [0.2, 0.25) is 0 Å². The molecule has 3 nitrogen and oxygen atoms in total. The van der Waals surface area contributed by atoms with Crippen LogP contribution < -0.4 is 0 Å². The summed E-state index contributed by atoms with van der Waals surface area (Å²) in [6, 6.07) is 0. The van der Waals surface area contributed by atoms with Gasteiger partial charge in [-0.25, -0.2) is 0 Å². The van der Waals surface area contributed by atoms with Crippen LogP contribution in [0.25, 0.3) is 0 Å². The summed E-state index contributed by atoms with van der Waals surface area (Å²) in [4.78, 5) is 10.3. The molecule has 0 radical (unpaired) electrons. The van der Waals surface area contributed by atoms with Crippen LogP contribution in [0.4, 0.5) is 0 Å². The molecule has 0 aliphatic carbocycles. The van der Waals surface area contributed by atoms with Crippen molar-refractivity contribution in [3.63, 3.8) is 0 Å².